The summed E-state index contributed by atoms with van der Waals surface area (Å²) in [6, 6.07) is -0.153. The molecular weight excluding hydrogens is 244 g/mol. The Morgan fingerprint density at radius 2 is 1.53 bits per heavy atom. The van der Waals surface area contributed by atoms with Gasteiger partial charge in [-0.25, -0.2) is 0 Å². The van der Waals surface area contributed by atoms with Gasteiger partial charge in [-0.1, -0.05) is 6.92 Å². The van der Waals surface area contributed by atoms with E-state index in [4.69, 9.17) is 0 Å². The zero-order chi connectivity index (χ0) is 14.6. The van der Waals surface area contributed by atoms with Crippen LogP contribution in [-0.4, -0.2) is 38.9 Å². The highest BCUT2D eigenvalue weighted by atomic mass is 16.5. The second kappa shape index (κ2) is 4.28. The van der Waals surface area contributed by atoms with E-state index in [-0.39, 0.29) is 23.8 Å². The Balaban J connectivity index is 2.27. The quantitative estimate of drug-likeness (QED) is 0.680. The zero-order valence-corrected chi connectivity index (χ0v) is 12.4. The van der Waals surface area contributed by atoms with Gasteiger partial charge in [0.1, 0.15) is 0 Å². The molecule has 0 spiro atoms. The maximum atomic E-state index is 12.3. The van der Waals surface area contributed by atoms with E-state index in [2.05, 4.69) is 0 Å². The van der Waals surface area contributed by atoms with E-state index in [1.165, 1.54) is 4.90 Å². The smallest absolute Gasteiger partial charge is 0.232 e. The van der Waals surface area contributed by atoms with Crippen LogP contribution in [0.15, 0.2) is 0 Å². The molecule has 5 heteroatoms. The highest BCUT2D eigenvalue weighted by Gasteiger charge is 2.51. The van der Waals surface area contributed by atoms with Gasteiger partial charge in [0.05, 0.1) is 0 Å². The van der Waals surface area contributed by atoms with Gasteiger partial charge in [-0.2, -0.15) is 0 Å². The third-order valence-corrected chi connectivity index (χ3v) is 4.34. The Morgan fingerprint density at radius 1 is 1.05 bits per heavy atom. The molecular formula is C14H23N2O3. The van der Waals surface area contributed by atoms with Crippen LogP contribution >= 0.6 is 0 Å². The molecule has 107 valence electrons. The van der Waals surface area contributed by atoms with E-state index in [0.29, 0.717) is 19.3 Å². The molecule has 2 saturated heterocycles. The summed E-state index contributed by atoms with van der Waals surface area (Å²) in [7, 11) is 0. The topological polar surface area (TPSA) is 60.5 Å². The number of hydrogen-bond acceptors (Lipinski definition) is 3. The average molecular weight is 267 g/mol. The van der Waals surface area contributed by atoms with Gasteiger partial charge in [-0.3, -0.25) is 14.5 Å². The minimum atomic E-state index is -0.557. The summed E-state index contributed by atoms with van der Waals surface area (Å²) >= 11 is 0. The average Bonchev–Trinajstić information content (AvgIpc) is 2.49. The van der Waals surface area contributed by atoms with E-state index in [1.807, 2.05) is 27.7 Å². The van der Waals surface area contributed by atoms with Crippen molar-refractivity contribution in [2.75, 3.05) is 0 Å². The van der Waals surface area contributed by atoms with Crippen LogP contribution in [0.25, 0.3) is 0 Å². The van der Waals surface area contributed by atoms with Crippen LogP contribution in [0.5, 0.6) is 0 Å². The van der Waals surface area contributed by atoms with Crippen LogP contribution < -0.4 is 0 Å². The number of likely N-dealkylation sites (tertiary alicyclic amines) is 1. The van der Waals surface area contributed by atoms with Crippen molar-refractivity contribution < 1.29 is 14.8 Å². The Labute approximate surface area is 114 Å². The van der Waals surface area contributed by atoms with E-state index in [0.717, 1.165) is 5.06 Å². The Kier molecular flexibility index (Phi) is 3.26. The first-order chi connectivity index (χ1) is 8.56. The maximum Gasteiger partial charge on any atom is 0.232 e. The number of imide groups is 1. The number of nitrogens with zero attached hydrogens (tertiary/aromatic N) is 2. The third-order valence-electron chi connectivity index (χ3n) is 4.34. The normalized spacial score (nSPS) is 32.1. The lowest BCUT2D eigenvalue weighted by molar-refractivity contribution is -0.293. The molecule has 0 aromatic rings. The molecule has 0 aliphatic carbocycles. The summed E-state index contributed by atoms with van der Waals surface area (Å²) in [5.74, 6) is -0.390. The van der Waals surface area contributed by atoms with Gasteiger partial charge < -0.3 is 0 Å². The number of carbonyl (C=O) groups is 2. The van der Waals surface area contributed by atoms with Crippen molar-refractivity contribution in [3.63, 3.8) is 0 Å². The number of amides is 2. The van der Waals surface area contributed by atoms with Gasteiger partial charge in [0.2, 0.25) is 11.8 Å². The molecule has 0 bridgehead atoms. The van der Waals surface area contributed by atoms with Crippen LogP contribution in [0.2, 0.25) is 0 Å². The number of carbonyl (C=O) groups excluding carboxylic acids is 2. The van der Waals surface area contributed by atoms with Gasteiger partial charge in [-0.15, -0.1) is 10.3 Å². The molecule has 2 amide bonds. The fourth-order valence-corrected chi connectivity index (χ4v) is 3.58. The van der Waals surface area contributed by atoms with E-state index < -0.39 is 11.1 Å². The van der Waals surface area contributed by atoms with Crippen LogP contribution in [0, 0.1) is 5.92 Å². The van der Waals surface area contributed by atoms with Gasteiger partial charge in [0, 0.05) is 29.5 Å². The largest absolute Gasteiger partial charge is 0.279 e. The van der Waals surface area contributed by atoms with Crippen LogP contribution in [0.4, 0.5) is 0 Å². The molecule has 2 fully saturated rings. The predicted octanol–water partition coefficient (Wildman–Crippen LogP) is 1.75. The molecule has 1 atom stereocenters. The third kappa shape index (κ3) is 2.30. The van der Waals surface area contributed by atoms with Crippen molar-refractivity contribution in [2.24, 2.45) is 5.92 Å². The van der Waals surface area contributed by atoms with Gasteiger partial charge in [-0.05, 0) is 40.5 Å². The highest BCUT2D eigenvalue weighted by molar-refractivity contribution is 6.03. The summed E-state index contributed by atoms with van der Waals surface area (Å²) in [6.45, 7) is 9.30. The molecule has 0 N–H and O–H groups in total. The molecule has 0 aromatic carbocycles. The molecule has 19 heavy (non-hydrogen) atoms. The summed E-state index contributed by atoms with van der Waals surface area (Å²) in [6.07, 6.45) is 1.39. The van der Waals surface area contributed by atoms with Gasteiger partial charge in [0.15, 0.2) is 0 Å². The second-order valence-electron chi connectivity index (χ2n) is 7.19. The number of hydroxylamine groups is 2. The summed E-state index contributed by atoms with van der Waals surface area (Å²) in [4.78, 5) is 25.6. The van der Waals surface area contributed by atoms with Crippen molar-refractivity contribution in [3.05, 3.63) is 0 Å². The molecule has 0 aromatic heterocycles. The maximum absolute atomic E-state index is 12.3. The fraction of sp³-hybridized carbons (Fsp3) is 0.857. The Morgan fingerprint density at radius 3 is 1.89 bits per heavy atom. The number of rotatable bonds is 1. The van der Waals surface area contributed by atoms with Crippen LogP contribution in [0.1, 0.15) is 53.9 Å². The SMILES string of the molecule is CC1CC(=O)N(C2CC(C)(C)N([O])C(C)(C)C2)C1=O. The van der Waals surface area contributed by atoms with E-state index >= 15 is 0 Å². The lowest BCUT2D eigenvalue weighted by Crippen LogP contribution is -2.63. The number of hydrogen-bond donors (Lipinski definition) is 0. The lowest BCUT2D eigenvalue weighted by atomic mass is 9.78. The van der Waals surface area contributed by atoms with Crippen molar-refractivity contribution >= 4 is 11.8 Å². The molecule has 2 aliphatic heterocycles. The zero-order valence-electron chi connectivity index (χ0n) is 12.4. The first kappa shape index (κ1) is 14.5. The van der Waals surface area contributed by atoms with Crippen molar-refractivity contribution in [1.82, 2.24) is 9.96 Å². The Hall–Kier alpha value is -0.940. The summed E-state index contributed by atoms with van der Waals surface area (Å²) in [5.41, 5.74) is -1.11. The monoisotopic (exact) mass is 267 g/mol. The standard InChI is InChI=1S/C14H23N2O3/c1-9-6-11(17)15(12(9)18)10-7-13(2,3)16(19)14(4,5)8-10/h9-10H,6-8H2,1-5H3. The molecule has 0 saturated carbocycles. The minimum Gasteiger partial charge on any atom is -0.279 e. The van der Waals surface area contributed by atoms with Crippen LogP contribution in [-0.2, 0) is 14.8 Å². The Bertz CT molecular complexity index is 399. The van der Waals surface area contributed by atoms with E-state index in [1.54, 1.807) is 6.92 Å². The second-order valence-corrected chi connectivity index (χ2v) is 7.19. The highest BCUT2D eigenvalue weighted by Crippen LogP contribution is 2.40. The minimum absolute atomic E-state index is 0.0825. The van der Waals surface area contributed by atoms with Crippen molar-refractivity contribution in [2.45, 2.75) is 71.0 Å². The predicted molar refractivity (Wildman–Crippen MR) is 69.3 cm³/mol. The summed E-state index contributed by atoms with van der Waals surface area (Å²) in [5, 5.41) is 13.4. The molecule has 5 nitrogen and oxygen atoms in total. The lowest BCUT2D eigenvalue weighted by Gasteiger charge is -2.51. The van der Waals surface area contributed by atoms with Gasteiger partial charge in [0.25, 0.3) is 0 Å². The van der Waals surface area contributed by atoms with Gasteiger partial charge >= 0.3 is 0 Å². The first-order valence-electron chi connectivity index (χ1n) is 6.89. The molecule has 2 heterocycles. The van der Waals surface area contributed by atoms with Crippen molar-refractivity contribution in [3.8, 4) is 0 Å². The van der Waals surface area contributed by atoms with E-state index in [9.17, 15) is 14.8 Å². The molecule has 2 rings (SSSR count). The first-order valence-corrected chi connectivity index (χ1v) is 6.89. The van der Waals surface area contributed by atoms with Crippen LogP contribution in [0.3, 0.4) is 0 Å². The molecule has 1 radical (unpaired) electrons. The fourth-order valence-electron chi connectivity index (χ4n) is 3.58. The molecule has 1 unspecified atom stereocenters. The number of piperidine rings is 1. The molecule has 2 aliphatic rings. The van der Waals surface area contributed by atoms with Crippen molar-refractivity contribution in [1.29, 1.82) is 0 Å². The summed E-state index contributed by atoms with van der Waals surface area (Å²) < 4.78 is 0.